The number of nitrogens with zero attached hydrogens (tertiary/aromatic N) is 3. The maximum Gasteiger partial charge on any atom is 0.416 e. The summed E-state index contributed by atoms with van der Waals surface area (Å²) in [6.07, 6.45) is 6.22. The fraction of sp³-hybridized carbons (Fsp3) is 0.429. The van der Waals surface area contributed by atoms with Crippen LogP contribution in [-0.4, -0.2) is 33.4 Å². The number of alkyl halides is 3. The smallest absolute Gasteiger partial charge is 0.361 e. The first-order valence-corrected chi connectivity index (χ1v) is 12.7. The number of fused-ring (bicyclic) bond motifs is 1. The fourth-order valence-electron chi connectivity index (χ4n) is 5.63. The Morgan fingerprint density at radius 3 is 2.47 bits per heavy atom. The van der Waals surface area contributed by atoms with Gasteiger partial charge in [0.15, 0.2) is 0 Å². The number of anilines is 1. The molecule has 1 N–H and O–H groups in total. The highest BCUT2D eigenvalue weighted by Crippen LogP contribution is 2.35. The Bertz CT molecular complexity index is 1150. The average molecular weight is 497 g/mol. The van der Waals surface area contributed by atoms with Crippen LogP contribution < -0.4 is 4.90 Å². The molecule has 0 spiro atoms. The molecule has 8 heteroatoms. The summed E-state index contributed by atoms with van der Waals surface area (Å²) < 4.78 is 39.1. The standard InChI is InChI=1S/C28H31F3N4O/c29-28(30,31)23-12-10-21(11-13-23)27(36)34-16-22-7-3-4-8-26(22)35(17-24-15-32-19-33-24)25(18-34)14-9-20-5-1-2-6-20/h3-4,7-8,10-13,15,19-20,25H,1-2,5-6,9,14,16-18H2,(H,32,33). The third-order valence-electron chi connectivity index (χ3n) is 7.56. The highest BCUT2D eigenvalue weighted by atomic mass is 19.4. The number of amides is 1. The molecule has 0 bridgehead atoms. The zero-order chi connectivity index (χ0) is 25.1. The number of imidazole rings is 1. The van der Waals surface area contributed by atoms with E-state index in [1.54, 1.807) is 11.2 Å². The fourth-order valence-corrected chi connectivity index (χ4v) is 5.63. The van der Waals surface area contributed by atoms with E-state index in [4.69, 9.17) is 0 Å². The van der Waals surface area contributed by atoms with E-state index in [-0.39, 0.29) is 17.5 Å². The van der Waals surface area contributed by atoms with Crippen molar-refractivity contribution in [2.24, 2.45) is 5.92 Å². The number of hydrogen-bond donors (Lipinski definition) is 1. The van der Waals surface area contributed by atoms with Gasteiger partial charge in [0.05, 0.1) is 24.1 Å². The Hall–Kier alpha value is -3.29. The van der Waals surface area contributed by atoms with Crippen molar-refractivity contribution in [2.45, 2.75) is 63.8 Å². The van der Waals surface area contributed by atoms with E-state index >= 15 is 0 Å². The largest absolute Gasteiger partial charge is 0.416 e. The number of halogens is 3. The van der Waals surface area contributed by atoms with Gasteiger partial charge < -0.3 is 14.8 Å². The van der Waals surface area contributed by atoms with E-state index in [0.717, 1.165) is 47.8 Å². The summed E-state index contributed by atoms with van der Waals surface area (Å²) >= 11 is 0. The van der Waals surface area contributed by atoms with Gasteiger partial charge in [-0.1, -0.05) is 43.9 Å². The summed E-state index contributed by atoms with van der Waals surface area (Å²) in [5.41, 5.74) is 2.64. The van der Waals surface area contributed by atoms with Gasteiger partial charge in [-0.3, -0.25) is 4.79 Å². The van der Waals surface area contributed by atoms with E-state index in [9.17, 15) is 18.0 Å². The molecule has 1 aromatic heterocycles. The second kappa shape index (κ2) is 10.4. The molecule has 2 aromatic carbocycles. The molecule has 36 heavy (non-hydrogen) atoms. The Kier molecular flexibility index (Phi) is 7.03. The number of aromatic nitrogens is 2. The molecule has 2 aliphatic rings. The van der Waals surface area contributed by atoms with Crippen LogP contribution in [0.4, 0.5) is 18.9 Å². The first-order chi connectivity index (χ1) is 17.4. The van der Waals surface area contributed by atoms with E-state index in [0.29, 0.717) is 19.6 Å². The van der Waals surface area contributed by atoms with Gasteiger partial charge in [0.1, 0.15) is 0 Å². The zero-order valence-corrected chi connectivity index (χ0v) is 20.2. The van der Waals surface area contributed by atoms with Gasteiger partial charge in [0, 0.05) is 36.6 Å². The Morgan fingerprint density at radius 1 is 1.03 bits per heavy atom. The number of H-pyrrole nitrogens is 1. The van der Waals surface area contributed by atoms with Crippen molar-refractivity contribution in [3.05, 3.63) is 83.4 Å². The van der Waals surface area contributed by atoms with Crippen molar-refractivity contribution in [3.8, 4) is 0 Å². The molecule has 1 aliphatic carbocycles. The summed E-state index contributed by atoms with van der Waals surface area (Å²) in [6, 6.07) is 12.7. The van der Waals surface area contributed by atoms with Gasteiger partial charge in [0.25, 0.3) is 5.91 Å². The third kappa shape index (κ3) is 5.42. The van der Waals surface area contributed by atoms with Crippen molar-refractivity contribution in [2.75, 3.05) is 11.4 Å². The lowest BCUT2D eigenvalue weighted by Crippen LogP contribution is -2.43. The molecule has 1 aliphatic heterocycles. The number of benzene rings is 2. The van der Waals surface area contributed by atoms with E-state index < -0.39 is 11.7 Å². The van der Waals surface area contributed by atoms with Crippen molar-refractivity contribution in [1.82, 2.24) is 14.9 Å². The molecule has 1 saturated carbocycles. The van der Waals surface area contributed by atoms with Crippen LogP contribution in [0.1, 0.15) is 65.7 Å². The molecule has 0 saturated heterocycles. The van der Waals surface area contributed by atoms with E-state index in [1.807, 2.05) is 24.4 Å². The van der Waals surface area contributed by atoms with Crippen LogP contribution >= 0.6 is 0 Å². The number of aromatic amines is 1. The molecular weight excluding hydrogens is 465 g/mol. The zero-order valence-electron chi connectivity index (χ0n) is 20.2. The van der Waals surface area contributed by atoms with Crippen LogP contribution in [0.15, 0.2) is 61.1 Å². The molecule has 0 radical (unpaired) electrons. The first-order valence-electron chi connectivity index (χ1n) is 12.7. The van der Waals surface area contributed by atoms with Crippen LogP contribution in [0, 0.1) is 5.92 Å². The average Bonchev–Trinajstić information content (AvgIpc) is 3.56. The Labute approximate surface area is 209 Å². The van der Waals surface area contributed by atoms with Crippen molar-refractivity contribution < 1.29 is 18.0 Å². The number of carbonyl (C=O) groups excluding carboxylic acids is 1. The highest BCUT2D eigenvalue weighted by Gasteiger charge is 2.33. The SMILES string of the molecule is O=C(c1ccc(C(F)(F)F)cc1)N1Cc2ccccc2N(Cc2cnc[nH]2)C(CCC2CCCC2)C1. The molecule has 1 amide bonds. The lowest BCUT2D eigenvalue weighted by Gasteiger charge is -2.34. The minimum Gasteiger partial charge on any atom is -0.361 e. The number of hydrogen-bond acceptors (Lipinski definition) is 3. The summed E-state index contributed by atoms with van der Waals surface area (Å²) in [4.78, 5) is 25.1. The highest BCUT2D eigenvalue weighted by molar-refractivity contribution is 5.94. The monoisotopic (exact) mass is 496 g/mol. The minimum absolute atomic E-state index is 0.0796. The summed E-state index contributed by atoms with van der Waals surface area (Å²) in [7, 11) is 0. The Balaban J connectivity index is 1.45. The molecule has 1 atom stereocenters. The lowest BCUT2D eigenvalue weighted by molar-refractivity contribution is -0.137. The van der Waals surface area contributed by atoms with Crippen LogP contribution in [0.5, 0.6) is 0 Å². The van der Waals surface area contributed by atoms with Crippen molar-refractivity contribution in [1.29, 1.82) is 0 Å². The van der Waals surface area contributed by atoms with Crippen LogP contribution in [0.25, 0.3) is 0 Å². The maximum absolute atomic E-state index is 13.6. The van der Waals surface area contributed by atoms with Crippen molar-refractivity contribution >= 4 is 11.6 Å². The van der Waals surface area contributed by atoms with E-state index in [2.05, 4.69) is 20.9 Å². The lowest BCUT2D eigenvalue weighted by atomic mass is 9.97. The van der Waals surface area contributed by atoms with Crippen LogP contribution in [-0.2, 0) is 19.3 Å². The molecular formula is C28H31F3N4O. The Morgan fingerprint density at radius 2 is 1.78 bits per heavy atom. The molecule has 2 heterocycles. The summed E-state index contributed by atoms with van der Waals surface area (Å²) in [5.74, 6) is 0.476. The normalized spacial score (nSPS) is 18.8. The van der Waals surface area contributed by atoms with Crippen LogP contribution in [0.3, 0.4) is 0 Å². The van der Waals surface area contributed by atoms with E-state index in [1.165, 1.54) is 37.8 Å². The number of rotatable bonds is 6. The topological polar surface area (TPSA) is 52.2 Å². The summed E-state index contributed by atoms with van der Waals surface area (Å²) in [6.45, 7) is 1.57. The number of carbonyl (C=O) groups is 1. The first kappa shape index (κ1) is 24.4. The molecule has 5 nitrogen and oxygen atoms in total. The second-order valence-electron chi connectivity index (χ2n) is 9.98. The number of nitrogens with one attached hydrogen (secondary N) is 1. The minimum atomic E-state index is -4.43. The molecule has 1 fully saturated rings. The van der Waals surface area contributed by atoms with Gasteiger partial charge in [-0.25, -0.2) is 4.98 Å². The molecule has 5 rings (SSSR count). The van der Waals surface area contributed by atoms with Gasteiger partial charge in [0.2, 0.25) is 0 Å². The van der Waals surface area contributed by atoms with Crippen molar-refractivity contribution in [3.63, 3.8) is 0 Å². The molecule has 3 aromatic rings. The van der Waals surface area contributed by atoms with Gasteiger partial charge >= 0.3 is 6.18 Å². The predicted molar refractivity (Wildman–Crippen MR) is 132 cm³/mol. The second-order valence-corrected chi connectivity index (χ2v) is 9.98. The van der Waals surface area contributed by atoms with Gasteiger partial charge in [-0.15, -0.1) is 0 Å². The molecule has 1 unspecified atom stereocenters. The predicted octanol–water partition coefficient (Wildman–Crippen LogP) is 6.43. The third-order valence-corrected chi connectivity index (χ3v) is 7.56. The molecule has 190 valence electrons. The quantitative estimate of drug-likeness (QED) is 0.428. The maximum atomic E-state index is 13.6. The van der Waals surface area contributed by atoms with Gasteiger partial charge in [-0.2, -0.15) is 13.2 Å². The summed E-state index contributed by atoms with van der Waals surface area (Å²) in [5, 5.41) is 0. The van der Waals surface area contributed by atoms with Gasteiger partial charge in [-0.05, 0) is 54.7 Å². The van der Waals surface area contributed by atoms with Crippen LogP contribution in [0.2, 0.25) is 0 Å². The number of para-hydroxylation sites is 1.